The predicted octanol–water partition coefficient (Wildman–Crippen LogP) is 2.07. The summed E-state index contributed by atoms with van der Waals surface area (Å²) in [4.78, 5) is 38.2. The number of rotatable bonds is 3. The number of nitro benzene ring substituents is 1. The van der Waals surface area contributed by atoms with E-state index >= 15 is 0 Å². The standard InChI is InChI=1S/C16H15N3O5/c1-11-15(20)18(12-4-6-13(7-5-12)19(22)23)9-8-17(11)16(21)14-3-2-10-24-14/h2-7,10-11H,8-9H2,1H3. The van der Waals surface area contributed by atoms with Gasteiger partial charge in [-0.15, -0.1) is 0 Å². The average Bonchev–Trinajstić information content (AvgIpc) is 3.11. The summed E-state index contributed by atoms with van der Waals surface area (Å²) in [5, 5.41) is 10.7. The van der Waals surface area contributed by atoms with Crippen molar-refractivity contribution in [2.24, 2.45) is 0 Å². The third-order valence-corrected chi connectivity index (χ3v) is 4.02. The van der Waals surface area contributed by atoms with Gasteiger partial charge in [0.2, 0.25) is 5.91 Å². The molecule has 1 saturated heterocycles. The van der Waals surface area contributed by atoms with Gasteiger partial charge in [0.1, 0.15) is 6.04 Å². The van der Waals surface area contributed by atoms with Crippen molar-refractivity contribution in [2.45, 2.75) is 13.0 Å². The van der Waals surface area contributed by atoms with Gasteiger partial charge in [-0.1, -0.05) is 0 Å². The third-order valence-electron chi connectivity index (χ3n) is 4.02. The lowest BCUT2D eigenvalue weighted by molar-refractivity contribution is -0.384. The Bertz CT molecular complexity index is 770. The van der Waals surface area contributed by atoms with E-state index in [1.165, 1.54) is 40.3 Å². The fourth-order valence-electron chi connectivity index (χ4n) is 2.70. The zero-order valence-corrected chi connectivity index (χ0v) is 12.9. The lowest BCUT2D eigenvalue weighted by Gasteiger charge is -2.38. The SMILES string of the molecule is CC1C(=O)N(c2ccc([N+](=O)[O-])cc2)CCN1C(=O)c1ccco1. The van der Waals surface area contributed by atoms with Crippen LogP contribution in [0.2, 0.25) is 0 Å². The van der Waals surface area contributed by atoms with E-state index in [1.807, 2.05) is 0 Å². The summed E-state index contributed by atoms with van der Waals surface area (Å²) in [6.07, 6.45) is 1.41. The van der Waals surface area contributed by atoms with Crippen molar-refractivity contribution in [3.05, 3.63) is 58.5 Å². The zero-order chi connectivity index (χ0) is 17.3. The van der Waals surface area contributed by atoms with Crippen LogP contribution in [0.25, 0.3) is 0 Å². The van der Waals surface area contributed by atoms with E-state index in [0.29, 0.717) is 18.8 Å². The van der Waals surface area contributed by atoms with Gasteiger partial charge in [-0.05, 0) is 31.2 Å². The first-order valence-corrected chi connectivity index (χ1v) is 7.39. The molecule has 2 amide bonds. The smallest absolute Gasteiger partial charge is 0.290 e. The minimum absolute atomic E-state index is 0.0362. The molecule has 8 heteroatoms. The molecule has 2 aromatic rings. The topological polar surface area (TPSA) is 96.9 Å². The van der Waals surface area contributed by atoms with E-state index in [1.54, 1.807) is 19.1 Å². The van der Waals surface area contributed by atoms with Crippen molar-refractivity contribution in [3.63, 3.8) is 0 Å². The Kier molecular flexibility index (Phi) is 4.03. The molecule has 1 aliphatic heterocycles. The summed E-state index contributed by atoms with van der Waals surface area (Å²) in [6, 6.07) is 8.31. The number of piperazine rings is 1. The predicted molar refractivity (Wildman–Crippen MR) is 84.7 cm³/mol. The lowest BCUT2D eigenvalue weighted by atomic mass is 10.1. The maximum absolute atomic E-state index is 12.6. The second-order valence-electron chi connectivity index (χ2n) is 5.42. The number of hydrogen-bond donors (Lipinski definition) is 0. The number of furan rings is 1. The Hall–Kier alpha value is -3.16. The summed E-state index contributed by atoms with van der Waals surface area (Å²) in [7, 11) is 0. The van der Waals surface area contributed by atoms with Gasteiger partial charge in [-0.25, -0.2) is 0 Å². The Morgan fingerprint density at radius 1 is 1.25 bits per heavy atom. The van der Waals surface area contributed by atoms with E-state index in [0.717, 1.165) is 0 Å². The number of nitro groups is 1. The van der Waals surface area contributed by atoms with Crippen LogP contribution in [0, 0.1) is 10.1 Å². The van der Waals surface area contributed by atoms with Crippen molar-refractivity contribution < 1.29 is 18.9 Å². The second-order valence-corrected chi connectivity index (χ2v) is 5.42. The highest BCUT2D eigenvalue weighted by molar-refractivity contribution is 6.02. The second kappa shape index (κ2) is 6.15. The summed E-state index contributed by atoms with van der Waals surface area (Å²) < 4.78 is 5.10. The van der Waals surface area contributed by atoms with E-state index < -0.39 is 11.0 Å². The molecule has 2 heterocycles. The van der Waals surface area contributed by atoms with Gasteiger partial charge < -0.3 is 14.2 Å². The fourth-order valence-corrected chi connectivity index (χ4v) is 2.70. The van der Waals surface area contributed by atoms with Gasteiger partial charge in [-0.3, -0.25) is 19.7 Å². The quantitative estimate of drug-likeness (QED) is 0.634. The molecule has 1 unspecified atom stereocenters. The molecule has 1 aliphatic rings. The van der Waals surface area contributed by atoms with E-state index in [9.17, 15) is 19.7 Å². The van der Waals surface area contributed by atoms with Crippen molar-refractivity contribution in [1.29, 1.82) is 0 Å². The molecule has 1 atom stereocenters. The molecule has 0 N–H and O–H groups in total. The molecule has 0 radical (unpaired) electrons. The van der Waals surface area contributed by atoms with Gasteiger partial charge in [0, 0.05) is 30.9 Å². The van der Waals surface area contributed by atoms with Crippen LogP contribution in [0.15, 0.2) is 47.1 Å². The summed E-state index contributed by atoms with van der Waals surface area (Å²) in [5.74, 6) is -0.377. The first-order valence-electron chi connectivity index (χ1n) is 7.39. The Labute approximate surface area is 137 Å². The van der Waals surface area contributed by atoms with Crippen LogP contribution < -0.4 is 4.90 Å². The maximum Gasteiger partial charge on any atom is 0.290 e. The lowest BCUT2D eigenvalue weighted by Crippen LogP contribution is -2.57. The van der Waals surface area contributed by atoms with Gasteiger partial charge >= 0.3 is 0 Å². The summed E-state index contributed by atoms with van der Waals surface area (Å²) in [6.45, 7) is 2.32. The van der Waals surface area contributed by atoms with Crippen LogP contribution >= 0.6 is 0 Å². The normalized spacial score (nSPS) is 17.9. The first-order chi connectivity index (χ1) is 11.5. The molecule has 8 nitrogen and oxygen atoms in total. The molecule has 1 aromatic heterocycles. The van der Waals surface area contributed by atoms with Gasteiger partial charge in [0.05, 0.1) is 11.2 Å². The Morgan fingerprint density at radius 2 is 1.96 bits per heavy atom. The number of amides is 2. The maximum atomic E-state index is 12.6. The van der Waals surface area contributed by atoms with Crippen LogP contribution in [0.1, 0.15) is 17.5 Å². The highest BCUT2D eigenvalue weighted by Crippen LogP contribution is 2.24. The fraction of sp³-hybridized carbons (Fsp3) is 0.250. The minimum atomic E-state index is -0.647. The molecule has 124 valence electrons. The van der Waals surface area contributed by atoms with Crippen LogP contribution in [-0.2, 0) is 4.79 Å². The van der Waals surface area contributed by atoms with E-state index in [-0.39, 0.29) is 23.3 Å². The van der Waals surface area contributed by atoms with Crippen LogP contribution in [0.5, 0.6) is 0 Å². The molecular formula is C16H15N3O5. The van der Waals surface area contributed by atoms with Crippen molar-refractivity contribution in [3.8, 4) is 0 Å². The number of anilines is 1. The largest absolute Gasteiger partial charge is 0.459 e. The molecular weight excluding hydrogens is 314 g/mol. The van der Waals surface area contributed by atoms with Gasteiger partial charge in [-0.2, -0.15) is 0 Å². The number of carbonyl (C=O) groups is 2. The van der Waals surface area contributed by atoms with E-state index in [4.69, 9.17) is 4.42 Å². The molecule has 24 heavy (non-hydrogen) atoms. The van der Waals surface area contributed by atoms with Crippen molar-refractivity contribution >= 4 is 23.2 Å². The first kappa shape index (κ1) is 15.7. The van der Waals surface area contributed by atoms with E-state index in [2.05, 4.69) is 0 Å². The number of carbonyl (C=O) groups excluding carboxylic acids is 2. The molecule has 0 aliphatic carbocycles. The Balaban J connectivity index is 1.77. The monoisotopic (exact) mass is 329 g/mol. The highest BCUT2D eigenvalue weighted by atomic mass is 16.6. The highest BCUT2D eigenvalue weighted by Gasteiger charge is 2.36. The molecule has 0 spiro atoms. The summed E-state index contributed by atoms with van der Waals surface area (Å²) >= 11 is 0. The molecule has 1 aromatic carbocycles. The molecule has 1 fully saturated rings. The Morgan fingerprint density at radius 3 is 2.54 bits per heavy atom. The molecule has 0 saturated carbocycles. The van der Waals surface area contributed by atoms with Gasteiger partial charge in [0.25, 0.3) is 11.6 Å². The van der Waals surface area contributed by atoms with Crippen LogP contribution in [-0.4, -0.2) is 40.8 Å². The van der Waals surface area contributed by atoms with Crippen molar-refractivity contribution in [1.82, 2.24) is 4.90 Å². The molecule has 0 bridgehead atoms. The van der Waals surface area contributed by atoms with Crippen molar-refractivity contribution in [2.75, 3.05) is 18.0 Å². The number of non-ortho nitro benzene ring substituents is 1. The average molecular weight is 329 g/mol. The van der Waals surface area contributed by atoms with Crippen LogP contribution in [0.3, 0.4) is 0 Å². The minimum Gasteiger partial charge on any atom is -0.459 e. The zero-order valence-electron chi connectivity index (χ0n) is 12.9. The van der Waals surface area contributed by atoms with Crippen LogP contribution in [0.4, 0.5) is 11.4 Å². The third kappa shape index (κ3) is 2.73. The molecule has 3 rings (SSSR count). The number of hydrogen-bond acceptors (Lipinski definition) is 5. The number of benzene rings is 1. The summed E-state index contributed by atoms with van der Waals surface area (Å²) in [5.41, 5.74) is 0.536. The number of nitrogens with zero attached hydrogens (tertiary/aromatic N) is 3. The van der Waals surface area contributed by atoms with Gasteiger partial charge in [0.15, 0.2) is 5.76 Å².